The summed E-state index contributed by atoms with van der Waals surface area (Å²) in [7, 11) is 0. The summed E-state index contributed by atoms with van der Waals surface area (Å²) in [6, 6.07) is 76.4. The van der Waals surface area contributed by atoms with Gasteiger partial charge in [0.15, 0.2) is 5.82 Å². The molecule has 0 spiro atoms. The molecule has 0 radical (unpaired) electrons. The molecule has 398 valence electrons. The Kier molecular flexibility index (Phi) is 16.3. The fraction of sp³-hybridized carbons (Fsp3) is 0. The molecule has 13 rings (SSSR count). The molecule has 0 saturated carbocycles. The molecule has 0 atom stereocenters. The Morgan fingerprint density at radius 2 is 0.976 bits per heavy atom. The van der Waals surface area contributed by atoms with E-state index in [2.05, 4.69) is 95.6 Å². The average molecular weight is 1430 g/mol. The number of carbonyl (C=O) groups excluding carboxylic acids is 2. The van der Waals surface area contributed by atoms with Crippen LogP contribution in [-0.4, -0.2) is 51.8 Å². The molecule has 0 fully saturated rings. The van der Waals surface area contributed by atoms with Crippen LogP contribution < -0.4 is 14.2 Å². The van der Waals surface area contributed by atoms with E-state index in [9.17, 15) is 9.59 Å². The molecule has 0 bridgehead atoms. The summed E-state index contributed by atoms with van der Waals surface area (Å²) < 4.78 is 18.6. The standard InChI is InChI=1S/C68H37N8O5.Ir.Pt/c77-67(80-48-29-24-43(25-30-48)57-22-9-11-36-69-57)65-74-64(75-66(76-65)68(78)81-49-31-26-44(27-32-49)58-23-10-12-37-70-58)54-20-8-7-19-51(54)52-34-28-47(63-72-39-14-40-73-63)41-59(52)79-50-33-35-53-56(42-50)62-55(21-13-38-71-62)61(46-17-5-2-6-18-46)60(53)45-15-3-1-4-16-45;;/h1-24,26,29-40H;;/q-5;+3;+2. The van der Waals surface area contributed by atoms with Crippen molar-refractivity contribution in [3.63, 3.8) is 0 Å². The maximum Gasteiger partial charge on any atom is 3.00 e. The SMILES string of the molecule is O=C(Oc1c[c-]c(-c2ccccn2)cc1)c1nc(C(=O)Oc2c[c-]c(-c3ccccn3)cc2)nc(-c2ccccc2-c2c[c-]c(-c3ncccn3)[c-]c2Oc2[c-]c3c(cc2)c(-c2ccccc2)c(-c2ccccc2)c2cccnc23)n1.[Ir+3].[Pt+2]. The Morgan fingerprint density at radius 1 is 0.422 bits per heavy atom. The summed E-state index contributed by atoms with van der Waals surface area (Å²) in [5, 5.41) is 2.61. The molecule has 0 saturated heterocycles. The maximum atomic E-state index is 14.2. The number of pyridine rings is 3. The van der Waals surface area contributed by atoms with Crippen molar-refractivity contribution in [3.8, 4) is 102 Å². The summed E-state index contributed by atoms with van der Waals surface area (Å²) in [5.74, 6) is -1.72. The van der Waals surface area contributed by atoms with E-state index in [0.29, 0.717) is 56.3 Å². The van der Waals surface area contributed by atoms with Gasteiger partial charge in [0.2, 0.25) is 11.6 Å². The van der Waals surface area contributed by atoms with Crippen molar-refractivity contribution in [2.45, 2.75) is 0 Å². The number of esters is 2. The van der Waals surface area contributed by atoms with Crippen molar-refractivity contribution < 1.29 is 65.0 Å². The van der Waals surface area contributed by atoms with Crippen LogP contribution in [0.5, 0.6) is 23.0 Å². The van der Waals surface area contributed by atoms with Gasteiger partial charge in [-0.2, -0.15) is 4.98 Å². The van der Waals surface area contributed by atoms with Crippen LogP contribution in [0.15, 0.2) is 225 Å². The summed E-state index contributed by atoms with van der Waals surface area (Å²) in [6.45, 7) is 0. The zero-order valence-electron chi connectivity index (χ0n) is 43.1. The van der Waals surface area contributed by atoms with Crippen molar-refractivity contribution >= 4 is 33.6 Å². The topological polar surface area (TPSA) is 165 Å². The van der Waals surface area contributed by atoms with Gasteiger partial charge < -0.3 is 39.1 Å². The van der Waals surface area contributed by atoms with Gasteiger partial charge in [0.05, 0.1) is 0 Å². The van der Waals surface area contributed by atoms with Crippen molar-refractivity contribution in [2.24, 2.45) is 0 Å². The van der Waals surface area contributed by atoms with Crippen LogP contribution in [0.3, 0.4) is 0 Å². The average Bonchev–Trinajstić information content (AvgIpc) is 3.73. The fourth-order valence-corrected chi connectivity index (χ4v) is 9.39. The number of hydrogen-bond donors (Lipinski definition) is 0. The van der Waals surface area contributed by atoms with Crippen molar-refractivity contribution in [3.05, 3.63) is 267 Å². The Labute approximate surface area is 503 Å². The van der Waals surface area contributed by atoms with Gasteiger partial charge in [0, 0.05) is 53.8 Å². The van der Waals surface area contributed by atoms with Gasteiger partial charge in [-0.05, 0) is 80.4 Å². The van der Waals surface area contributed by atoms with Crippen LogP contribution in [0, 0.1) is 30.3 Å². The van der Waals surface area contributed by atoms with E-state index in [1.54, 1.807) is 79.5 Å². The second kappa shape index (κ2) is 24.7. The molecule has 13 aromatic rings. The van der Waals surface area contributed by atoms with Crippen LogP contribution in [-0.2, 0) is 41.2 Å². The number of ether oxygens (including phenoxy) is 3. The first-order chi connectivity index (χ1) is 40.0. The number of fused-ring (bicyclic) bond motifs is 3. The largest absolute Gasteiger partial charge is 3.00 e. The molecule has 0 N–H and O–H groups in total. The molecular weight excluding hydrogens is 1400 g/mol. The number of hydrogen-bond acceptors (Lipinski definition) is 13. The Morgan fingerprint density at radius 3 is 1.55 bits per heavy atom. The van der Waals surface area contributed by atoms with Crippen LogP contribution in [0.1, 0.15) is 21.2 Å². The van der Waals surface area contributed by atoms with Gasteiger partial charge in [0.1, 0.15) is 0 Å². The molecular formula is C68H37IrN8O5Pt. The quantitative estimate of drug-likeness (QED) is 0.0464. The van der Waals surface area contributed by atoms with Crippen LogP contribution in [0.2, 0.25) is 0 Å². The number of aromatic nitrogens is 8. The van der Waals surface area contributed by atoms with Gasteiger partial charge in [-0.1, -0.05) is 132 Å². The minimum atomic E-state index is -0.977. The van der Waals surface area contributed by atoms with Crippen molar-refractivity contribution in [1.29, 1.82) is 0 Å². The van der Waals surface area contributed by atoms with Crippen LogP contribution >= 0.6 is 0 Å². The Bertz CT molecular complexity index is 4350. The molecule has 0 unspecified atom stereocenters. The first kappa shape index (κ1) is 54.8. The first-order valence-corrected chi connectivity index (χ1v) is 25.4. The molecule has 83 heavy (non-hydrogen) atoms. The minimum absolute atomic E-state index is 0. The van der Waals surface area contributed by atoms with Gasteiger partial charge in [-0.3, -0.25) is 6.07 Å². The molecule has 0 aliphatic heterocycles. The van der Waals surface area contributed by atoms with E-state index < -0.39 is 23.6 Å². The summed E-state index contributed by atoms with van der Waals surface area (Å²) >= 11 is 0. The fourth-order valence-electron chi connectivity index (χ4n) is 9.39. The Balaban J connectivity index is 0.00000360. The first-order valence-electron chi connectivity index (χ1n) is 25.4. The molecule has 8 aromatic carbocycles. The number of carbonyl (C=O) groups is 2. The number of benzene rings is 8. The van der Waals surface area contributed by atoms with E-state index in [0.717, 1.165) is 43.9 Å². The van der Waals surface area contributed by atoms with E-state index in [1.165, 1.54) is 12.1 Å². The van der Waals surface area contributed by atoms with Gasteiger partial charge in [-0.25, -0.2) is 37.3 Å². The molecule has 5 aromatic heterocycles. The third-order valence-corrected chi connectivity index (χ3v) is 13.1. The van der Waals surface area contributed by atoms with Gasteiger partial charge >= 0.3 is 53.1 Å². The van der Waals surface area contributed by atoms with Crippen LogP contribution in [0.4, 0.5) is 0 Å². The van der Waals surface area contributed by atoms with Gasteiger partial charge in [-0.15, -0.1) is 82.7 Å². The summed E-state index contributed by atoms with van der Waals surface area (Å²) in [6.07, 6.45) is 8.40. The third kappa shape index (κ3) is 11.6. The second-order valence-electron chi connectivity index (χ2n) is 18.1. The predicted molar refractivity (Wildman–Crippen MR) is 305 cm³/mol. The molecule has 0 aliphatic carbocycles. The monoisotopic (exact) mass is 1430 g/mol. The summed E-state index contributed by atoms with van der Waals surface area (Å²) in [4.78, 5) is 64.7. The smallest absolute Gasteiger partial charge is 0.515 e. The predicted octanol–water partition coefficient (Wildman–Crippen LogP) is 14.0. The van der Waals surface area contributed by atoms with Crippen molar-refractivity contribution in [2.75, 3.05) is 0 Å². The molecule has 0 amide bonds. The second-order valence-corrected chi connectivity index (χ2v) is 18.1. The van der Waals surface area contributed by atoms with E-state index >= 15 is 0 Å². The Hall–Kier alpha value is -10.1. The molecule has 0 aliphatic rings. The number of nitrogens with zero attached hydrogens (tertiary/aromatic N) is 8. The zero-order valence-corrected chi connectivity index (χ0v) is 47.8. The normalized spacial score (nSPS) is 10.8. The van der Waals surface area contributed by atoms with Crippen molar-refractivity contribution in [1.82, 2.24) is 39.9 Å². The number of rotatable bonds is 13. The van der Waals surface area contributed by atoms with E-state index in [4.69, 9.17) is 19.2 Å². The van der Waals surface area contributed by atoms with Gasteiger partial charge in [0.25, 0.3) is 0 Å². The maximum absolute atomic E-state index is 14.2. The zero-order chi connectivity index (χ0) is 54.5. The molecule has 15 heteroatoms. The minimum Gasteiger partial charge on any atom is -0.515 e. The molecule has 13 nitrogen and oxygen atoms in total. The van der Waals surface area contributed by atoms with E-state index in [-0.39, 0.29) is 64.2 Å². The van der Waals surface area contributed by atoms with E-state index in [1.807, 2.05) is 103 Å². The molecule has 5 heterocycles. The summed E-state index contributed by atoms with van der Waals surface area (Å²) in [5.41, 5.74) is 9.42. The van der Waals surface area contributed by atoms with Crippen LogP contribution in [0.25, 0.3) is 100 Å². The third-order valence-electron chi connectivity index (χ3n) is 13.1.